The van der Waals surface area contributed by atoms with Gasteiger partial charge in [-0.15, -0.1) is 11.8 Å². The standard InChI is InChI=1S/C36H78O6SSi2/c1-9-17-23-29-37-44(38-30-24-18-10-2,39-31-25-19-11-3)35(15-7)43-36(16-8)45(40-32-26-20-12-4,41-33-27-21-13-5)42-34-28-22-14-6/h35-36H,9-34H2,1-8H3. The molecule has 272 valence electrons. The second kappa shape index (κ2) is 31.8. The van der Waals surface area contributed by atoms with Crippen LogP contribution in [0.25, 0.3) is 0 Å². The van der Waals surface area contributed by atoms with Gasteiger partial charge in [-0.2, -0.15) is 0 Å². The topological polar surface area (TPSA) is 55.4 Å². The third kappa shape index (κ3) is 20.6. The Morgan fingerprint density at radius 2 is 0.533 bits per heavy atom. The van der Waals surface area contributed by atoms with E-state index in [4.69, 9.17) is 26.6 Å². The number of thioether (sulfide) groups is 1. The number of unbranched alkanes of at least 4 members (excludes halogenated alkanes) is 12. The Labute approximate surface area is 288 Å². The van der Waals surface area contributed by atoms with Crippen molar-refractivity contribution in [1.29, 1.82) is 0 Å². The summed E-state index contributed by atoms with van der Waals surface area (Å²) < 4.78 is 41.5. The van der Waals surface area contributed by atoms with Crippen LogP contribution in [0.5, 0.6) is 0 Å². The van der Waals surface area contributed by atoms with E-state index in [2.05, 4.69) is 55.4 Å². The maximum Gasteiger partial charge on any atom is 0.514 e. The van der Waals surface area contributed by atoms with Gasteiger partial charge in [-0.3, -0.25) is 0 Å². The highest BCUT2D eigenvalue weighted by Crippen LogP contribution is 2.38. The molecular weight excluding hydrogens is 617 g/mol. The maximum atomic E-state index is 6.91. The quantitative estimate of drug-likeness (QED) is 0.0478. The molecule has 6 nitrogen and oxygen atoms in total. The van der Waals surface area contributed by atoms with Gasteiger partial charge in [-0.05, 0) is 51.4 Å². The van der Waals surface area contributed by atoms with Crippen molar-refractivity contribution in [3.63, 3.8) is 0 Å². The van der Waals surface area contributed by atoms with E-state index in [1.807, 2.05) is 11.8 Å². The van der Waals surface area contributed by atoms with Gasteiger partial charge in [0.05, 0.1) is 9.75 Å². The lowest BCUT2D eigenvalue weighted by Gasteiger charge is -2.40. The van der Waals surface area contributed by atoms with Gasteiger partial charge in [-0.25, -0.2) is 0 Å². The van der Waals surface area contributed by atoms with E-state index >= 15 is 0 Å². The van der Waals surface area contributed by atoms with Crippen LogP contribution in [-0.4, -0.2) is 67.0 Å². The summed E-state index contributed by atoms with van der Waals surface area (Å²) in [7, 11) is -6.09. The molecule has 0 N–H and O–H groups in total. The molecule has 0 fully saturated rings. The lowest BCUT2D eigenvalue weighted by atomic mass is 10.3. The highest BCUT2D eigenvalue weighted by Gasteiger charge is 2.56. The van der Waals surface area contributed by atoms with Gasteiger partial charge in [-0.1, -0.05) is 132 Å². The fraction of sp³-hybridized carbons (Fsp3) is 1.00. The van der Waals surface area contributed by atoms with Crippen LogP contribution in [0.1, 0.15) is 184 Å². The molecule has 2 atom stereocenters. The molecule has 0 saturated heterocycles. The van der Waals surface area contributed by atoms with E-state index in [0.29, 0.717) is 39.6 Å². The van der Waals surface area contributed by atoms with Crippen LogP contribution in [0.15, 0.2) is 0 Å². The SMILES string of the molecule is CCCCCO[Si](OCCCCC)(OCCCCC)C(CC)SC(CC)[Si](OCCCCC)(OCCCCC)OCCCCC. The van der Waals surface area contributed by atoms with Crippen LogP contribution in [0.2, 0.25) is 0 Å². The third-order valence-electron chi connectivity index (χ3n) is 8.17. The first-order chi connectivity index (χ1) is 22.0. The molecule has 0 aromatic heterocycles. The first kappa shape index (κ1) is 45.5. The Kier molecular flexibility index (Phi) is 32.2. The van der Waals surface area contributed by atoms with E-state index in [1.54, 1.807) is 0 Å². The van der Waals surface area contributed by atoms with Crippen LogP contribution in [0.4, 0.5) is 0 Å². The van der Waals surface area contributed by atoms with Crippen LogP contribution in [-0.2, 0) is 26.6 Å². The summed E-state index contributed by atoms with van der Waals surface area (Å²) >= 11 is 1.96. The van der Waals surface area contributed by atoms with E-state index in [1.165, 1.54) is 38.5 Å². The van der Waals surface area contributed by atoms with Gasteiger partial charge in [0.2, 0.25) is 0 Å². The average Bonchev–Trinajstić information content (AvgIpc) is 3.05. The Morgan fingerprint density at radius 3 is 0.689 bits per heavy atom. The zero-order valence-electron chi connectivity index (χ0n) is 31.4. The van der Waals surface area contributed by atoms with E-state index in [-0.39, 0.29) is 9.75 Å². The van der Waals surface area contributed by atoms with Crippen molar-refractivity contribution in [1.82, 2.24) is 0 Å². The second-order valence-electron chi connectivity index (χ2n) is 12.5. The van der Waals surface area contributed by atoms with Crippen LogP contribution >= 0.6 is 11.8 Å². The smallest absolute Gasteiger partial charge is 0.373 e. The summed E-state index contributed by atoms with van der Waals surface area (Å²) in [4.78, 5) is 0.217. The van der Waals surface area contributed by atoms with Crippen molar-refractivity contribution in [2.24, 2.45) is 0 Å². The predicted octanol–water partition coefficient (Wildman–Crippen LogP) is 11.5. The third-order valence-corrected chi connectivity index (χ3v) is 18.1. The Morgan fingerprint density at radius 1 is 0.333 bits per heavy atom. The Balaban J connectivity index is 6.51. The molecule has 0 aliphatic rings. The summed E-state index contributed by atoms with van der Waals surface area (Å²) in [5.41, 5.74) is 0. The molecule has 0 aliphatic heterocycles. The minimum atomic E-state index is -3.05. The van der Waals surface area contributed by atoms with Crippen molar-refractivity contribution < 1.29 is 26.6 Å². The molecule has 0 saturated carbocycles. The summed E-state index contributed by atoms with van der Waals surface area (Å²) in [5, 5.41) is 0. The van der Waals surface area contributed by atoms with Gasteiger partial charge in [0.25, 0.3) is 0 Å². The molecular formula is C36H78O6SSi2. The molecule has 0 rings (SSSR count). The second-order valence-corrected chi connectivity index (χ2v) is 20.3. The predicted molar refractivity (Wildman–Crippen MR) is 200 cm³/mol. The Hall–Kier alpha value is 0.544. The molecule has 0 radical (unpaired) electrons. The van der Waals surface area contributed by atoms with Crippen molar-refractivity contribution in [2.75, 3.05) is 39.6 Å². The molecule has 0 amide bonds. The highest BCUT2D eigenvalue weighted by molar-refractivity contribution is 8.03. The molecule has 0 bridgehead atoms. The van der Waals surface area contributed by atoms with E-state index in [9.17, 15) is 0 Å². The molecule has 45 heavy (non-hydrogen) atoms. The van der Waals surface area contributed by atoms with Crippen molar-refractivity contribution in [2.45, 2.75) is 194 Å². The largest absolute Gasteiger partial charge is 0.514 e. The van der Waals surface area contributed by atoms with Crippen molar-refractivity contribution >= 4 is 29.4 Å². The lowest BCUT2D eigenvalue weighted by molar-refractivity contribution is 0.0517. The van der Waals surface area contributed by atoms with Gasteiger partial charge in [0.15, 0.2) is 0 Å². The van der Waals surface area contributed by atoms with E-state index in [0.717, 1.165) is 89.9 Å². The fourth-order valence-corrected chi connectivity index (χ4v) is 15.2. The maximum absolute atomic E-state index is 6.91. The molecule has 0 aromatic rings. The summed E-state index contributed by atoms with van der Waals surface area (Å²) in [5.74, 6) is 0. The highest BCUT2D eigenvalue weighted by atomic mass is 32.2. The van der Waals surface area contributed by atoms with Gasteiger partial charge in [0.1, 0.15) is 0 Å². The molecule has 2 unspecified atom stereocenters. The molecule has 0 spiro atoms. The van der Waals surface area contributed by atoms with E-state index < -0.39 is 17.6 Å². The minimum Gasteiger partial charge on any atom is -0.373 e. The van der Waals surface area contributed by atoms with Crippen LogP contribution < -0.4 is 0 Å². The molecule has 0 aliphatic carbocycles. The minimum absolute atomic E-state index is 0.108. The Bertz CT molecular complexity index is 506. The van der Waals surface area contributed by atoms with Gasteiger partial charge in [0, 0.05) is 39.6 Å². The molecule has 0 aromatic carbocycles. The number of hydrogen-bond donors (Lipinski definition) is 0. The van der Waals surface area contributed by atoms with Gasteiger partial charge >= 0.3 is 17.6 Å². The van der Waals surface area contributed by atoms with Crippen LogP contribution in [0, 0.1) is 0 Å². The normalized spacial score (nSPS) is 13.9. The zero-order chi connectivity index (χ0) is 33.5. The number of hydrogen-bond acceptors (Lipinski definition) is 7. The van der Waals surface area contributed by atoms with Crippen molar-refractivity contribution in [3.8, 4) is 0 Å². The molecule has 0 heterocycles. The zero-order valence-corrected chi connectivity index (χ0v) is 34.2. The average molecular weight is 695 g/mol. The van der Waals surface area contributed by atoms with Gasteiger partial charge < -0.3 is 26.6 Å². The molecule has 9 heteroatoms. The summed E-state index contributed by atoms with van der Waals surface area (Å²) in [6.07, 6.45) is 22.1. The summed E-state index contributed by atoms with van der Waals surface area (Å²) in [6, 6.07) is 0. The van der Waals surface area contributed by atoms with Crippen molar-refractivity contribution in [3.05, 3.63) is 0 Å². The lowest BCUT2D eigenvalue weighted by Crippen LogP contribution is -2.60. The first-order valence-corrected chi connectivity index (χ1v) is 24.0. The fourth-order valence-electron chi connectivity index (χ4n) is 5.26. The summed E-state index contributed by atoms with van der Waals surface area (Å²) in [6.45, 7) is 22.2. The first-order valence-electron chi connectivity index (χ1n) is 19.5. The number of rotatable bonds is 36. The van der Waals surface area contributed by atoms with Crippen LogP contribution in [0.3, 0.4) is 0 Å². The monoisotopic (exact) mass is 695 g/mol.